The lowest BCUT2D eigenvalue weighted by Gasteiger charge is -2.39. The maximum absolute atomic E-state index is 13.9. The predicted octanol–water partition coefficient (Wildman–Crippen LogP) is 3.40. The topological polar surface area (TPSA) is 52.6 Å². The number of piperidine rings is 1. The van der Waals surface area contributed by atoms with Gasteiger partial charge in [-0.25, -0.2) is 14.4 Å². The molecule has 30 heavy (non-hydrogen) atoms. The quantitative estimate of drug-likeness (QED) is 0.644. The lowest BCUT2D eigenvalue weighted by Crippen LogP contribution is -2.51. The largest absolute Gasteiger partial charge is 0.353 e. The maximum Gasteiger partial charge on any atom is 0.225 e. The second-order valence-electron chi connectivity index (χ2n) is 7.84. The average molecular weight is 426 g/mol. The van der Waals surface area contributed by atoms with E-state index in [1.54, 1.807) is 12.3 Å². The monoisotopic (exact) mass is 425 g/mol. The minimum absolute atomic E-state index is 0.0637. The lowest BCUT2D eigenvalue weighted by atomic mass is 9.95. The van der Waals surface area contributed by atoms with Crippen LogP contribution in [0.2, 0.25) is 0 Å². The molecule has 6 nitrogen and oxygen atoms in total. The van der Waals surface area contributed by atoms with Gasteiger partial charge in [0.1, 0.15) is 17.2 Å². The average Bonchev–Trinajstić information content (AvgIpc) is 3.25. The van der Waals surface area contributed by atoms with Gasteiger partial charge in [-0.2, -0.15) is 0 Å². The van der Waals surface area contributed by atoms with Crippen molar-refractivity contribution in [2.45, 2.75) is 12.8 Å². The van der Waals surface area contributed by atoms with Crippen LogP contribution in [0.25, 0.3) is 10.2 Å². The zero-order valence-corrected chi connectivity index (χ0v) is 17.5. The van der Waals surface area contributed by atoms with Gasteiger partial charge in [-0.3, -0.25) is 4.79 Å². The fourth-order valence-corrected chi connectivity index (χ4v) is 5.34. The van der Waals surface area contributed by atoms with E-state index in [4.69, 9.17) is 0 Å². The maximum atomic E-state index is 13.9. The molecule has 2 aromatic heterocycles. The molecule has 0 aliphatic carbocycles. The molecule has 156 valence electrons. The predicted molar refractivity (Wildman–Crippen MR) is 118 cm³/mol. The van der Waals surface area contributed by atoms with E-state index in [1.165, 1.54) is 17.4 Å². The van der Waals surface area contributed by atoms with E-state index in [1.807, 2.05) is 29.2 Å². The van der Waals surface area contributed by atoms with Gasteiger partial charge < -0.3 is 14.7 Å². The number of carbonyl (C=O) groups excluding carboxylic acids is 1. The van der Waals surface area contributed by atoms with Gasteiger partial charge in [0.25, 0.3) is 0 Å². The van der Waals surface area contributed by atoms with Crippen molar-refractivity contribution in [2.24, 2.45) is 5.92 Å². The fourth-order valence-electron chi connectivity index (χ4n) is 4.31. The molecule has 0 radical (unpaired) electrons. The Balaban J connectivity index is 1.16. The zero-order valence-electron chi connectivity index (χ0n) is 16.7. The van der Waals surface area contributed by atoms with Crippen molar-refractivity contribution in [1.82, 2.24) is 14.9 Å². The molecule has 0 saturated carbocycles. The van der Waals surface area contributed by atoms with Crippen LogP contribution in [-0.2, 0) is 4.79 Å². The zero-order chi connectivity index (χ0) is 20.5. The smallest absolute Gasteiger partial charge is 0.225 e. The van der Waals surface area contributed by atoms with Crippen LogP contribution in [0.15, 0.2) is 42.6 Å². The molecule has 0 spiro atoms. The summed E-state index contributed by atoms with van der Waals surface area (Å²) in [6, 6.07) is 11.0. The molecule has 0 bridgehead atoms. The summed E-state index contributed by atoms with van der Waals surface area (Å²) in [5, 5.41) is 0.852. The third kappa shape index (κ3) is 3.71. The number of halogens is 1. The van der Waals surface area contributed by atoms with E-state index < -0.39 is 0 Å². The molecule has 3 aromatic rings. The number of rotatable bonds is 3. The number of aromatic nitrogens is 2. The Hall–Kier alpha value is -2.74. The van der Waals surface area contributed by atoms with Crippen molar-refractivity contribution in [3.05, 3.63) is 48.4 Å². The van der Waals surface area contributed by atoms with Crippen LogP contribution in [-0.4, -0.2) is 60.0 Å². The number of hydrogen-bond donors (Lipinski definition) is 0. The van der Waals surface area contributed by atoms with Crippen LogP contribution in [0.5, 0.6) is 0 Å². The highest BCUT2D eigenvalue weighted by Gasteiger charge is 2.31. The lowest BCUT2D eigenvalue weighted by molar-refractivity contribution is -0.136. The summed E-state index contributed by atoms with van der Waals surface area (Å²) < 4.78 is 14.8. The Labute approximate surface area is 178 Å². The molecule has 1 aromatic carbocycles. The Morgan fingerprint density at radius 1 is 0.967 bits per heavy atom. The van der Waals surface area contributed by atoms with E-state index in [-0.39, 0.29) is 17.6 Å². The fraction of sp³-hybridized carbons (Fsp3) is 0.409. The van der Waals surface area contributed by atoms with Gasteiger partial charge in [0.05, 0.1) is 4.70 Å². The summed E-state index contributed by atoms with van der Waals surface area (Å²) >= 11 is 1.52. The third-order valence-corrected chi connectivity index (χ3v) is 7.12. The van der Waals surface area contributed by atoms with Crippen LogP contribution in [0.4, 0.5) is 15.3 Å². The van der Waals surface area contributed by atoms with E-state index in [2.05, 4.69) is 19.8 Å². The number of hydrogen-bond acceptors (Lipinski definition) is 6. The first-order valence-corrected chi connectivity index (χ1v) is 11.3. The van der Waals surface area contributed by atoms with E-state index in [0.717, 1.165) is 67.8 Å². The number of anilines is 2. The van der Waals surface area contributed by atoms with Gasteiger partial charge in [0, 0.05) is 51.4 Å². The first-order chi connectivity index (χ1) is 14.7. The minimum atomic E-state index is -0.273. The Bertz CT molecular complexity index is 1030. The highest BCUT2D eigenvalue weighted by Crippen LogP contribution is 2.33. The normalized spacial score (nSPS) is 18.2. The van der Waals surface area contributed by atoms with Crippen molar-refractivity contribution in [1.29, 1.82) is 0 Å². The Morgan fingerprint density at radius 3 is 2.47 bits per heavy atom. The molecule has 2 aliphatic rings. The highest BCUT2D eigenvalue weighted by atomic mass is 32.1. The molecule has 0 unspecified atom stereocenters. The van der Waals surface area contributed by atoms with Gasteiger partial charge in [-0.1, -0.05) is 23.5 Å². The summed E-state index contributed by atoms with van der Waals surface area (Å²) in [4.78, 5) is 28.4. The highest BCUT2D eigenvalue weighted by molar-refractivity contribution is 7.22. The van der Waals surface area contributed by atoms with Crippen molar-refractivity contribution in [3.8, 4) is 0 Å². The Kier molecular flexibility index (Phi) is 5.25. The molecule has 5 rings (SSSR count). The molecular weight excluding hydrogens is 401 g/mol. The SMILES string of the molecule is O=C(C1CCN(c2nc3c(F)cccc3s2)CC1)N1CCN(c2ccccn2)CC1. The number of nitrogens with zero attached hydrogens (tertiary/aromatic N) is 5. The van der Waals surface area contributed by atoms with Crippen LogP contribution >= 0.6 is 11.3 Å². The molecule has 4 heterocycles. The van der Waals surface area contributed by atoms with E-state index >= 15 is 0 Å². The van der Waals surface area contributed by atoms with Crippen LogP contribution in [0.3, 0.4) is 0 Å². The van der Waals surface area contributed by atoms with Crippen molar-refractivity contribution < 1.29 is 9.18 Å². The molecule has 2 saturated heterocycles. The number of benzene rings is 1. The van der Waals surface area contributed by atoms with Crippen LogP contribution in [0, 0.1) is 11.7 Å². The van der Waals surface area contributed by atoms with Gasteiger partial charge in [0.2, 0.25) is 5.91 Å². The molecule has 1 amide bonds. The van der Waals surface area contributed by atoms with E-state index in [0.29, 0.717) is 5.52 Å². The first kappa shape index (κ1) is 19.2. The Morgan fingerprint density at radius 2 is 1.77 bits per heavy atom. The number of para-hydroxylation sites is 1. The standard InChI is InChI=1S/C22H24FN5OS/c23-17-4-3-5-18-20(17)25-22(30-18)28-10-7-16(8-11-28)21(29)27-14-12-26(13-15-27)19-6-1-2-9-24-19/h1-6,9,16H,7-8,10-15H2. The van der Waals surface area contributed by atoms with Gasteiger partial charge in [0.15, 0.2) is 5.13 Å². The van der Waals surface area contributed by atoms with Crippen molar-refractivity contribution in [3.63, 3.8) is 0 Å². The van der Waals surface area contributed by atoms with Gasteiger partial charge in [-0.15, -0.1) is 0 Å². The van der Waals surface area contributed by atoms with Crippen LogP contribution in [0.1, 0.15) is 12.8 Å². The molecule has 0 atom stereocenters. The summed E-state index contributed by atoms with van der Waals surface area (Å²) in [5.41, 5.74) is 0.446. The number of thiazole rings is 1. The molecule has 0 N–H and O–H groups in total. The molecule has 2 fully saturated rings. The summed E-state index contributed by atoms with van der Waals surface area (Å²) in [6.45, 7) is 4.69. The number of pyridine rings is 1. The van der Waals surface area contributed by atoms with Crippen LogP contribution < -0.4 is 9.80 Å². The van der Waals surface area contributed by atoms with Gasteiger partial charge >= 0.3 is 0 Å². The molecule has 2 aliphatic heterocycles. The van der Waals surface area contributed by atoms with Crippen molar-refractivity contribution >= 4 is 38.4 Å². The first-order valence-electron chi connectivity index (χ1n) is 10.4. The number of amides is 1. The third-order valence-electron chi connectivity index (χ3n) is 6.04. The second-order valence-corrected chi connectivity index (χ2v) is 8.85. The summed E-state index contributed by atoms with van der Waals surface area (Å²) in [7, 11) is 0. The molecular formula is C22H24FN5OS. The summed E-state index contributed by atoms with van der Waals surface area (Å²) in [5.74, 6) is 1.04. The molecule has 8 heteroatoms. The minimum Gasteiger partial charge on any atom is -0.353 e. The second kappa shape index (κ2) is 8.18. The summed E-state index contributed by atoms with van der Waals surface area (Å²) in [6.07, 6.45) is 3.44. The number of piperazine rings is 1. The number of fused-ring (bicyclic) bond motifs is 1. The van der Waals surface area contributed by atoms with E-state index in [9.17, 15) is 9.18 Å². The van der Waals surface area contributed by atoms with Gasteiger partial charge in [-0.05, 0) is 37.1 Å². The number of carbonyl (C=O) groups is 1. The van der Waals surface area contributed by atoms with Crippen molar-refractivity contribution in [2.75, 3.05) is 49.1 Å².